The first-order valence-electron chi connectivity index (χ1n) is 7.69. The highest BCUT2D eigenvalue weighted by Gasteiger charge is 2.24. The van der Waals surface area contributed by atoms with E-state index in [-0.39, 0.29) is 5.69 Å². The lowest BCUT2D eigenvalue weighted by molar-refractivity contribution is -0.384. The van der Waals surface area contributed by atoms with Gasteiger partial charge in [-0.25, -0.2) is 4.79 Å². The number of fused-ring (bicyclic) bond motifs is 1. The van der Waals surface area contributed by atoms with Gasteiger partial charge in [-0.2, -0.15) is 0 Å². The zero-order valence-corrected chi connectivity index (χ0v) is 14.5. The van der Waals surface area contributed by atoms with Crippen molar-refractivity contribution in [2.24, 2.45) is 10.6 Å². The number of aryl methyl sites for hydroxylation is 1. The Bertz CT molecular complexity index is 828. The van der Waals surface area contributed by atoms with Crippen LogP contribution >= 0.6 is 0 Å². The van der Waals surface area contributed by atoms with Crippen LogP contribution in [0.1, 0.15) is 40.2 Å². The molecule has 0 aliphatic carbocycles. The van der Waals surface area contributed by atoms with E-state index in [1.165, 1.54) is 12.1 Å². The topological polar surface area (TPSA) is 86.7 Å². The fourth-order valence-electron chi connectivity index (χ4n) is 2.24. The molecule has 128 valence electrons. The number of aromatic nitrogens is 1. The summed E-state index contributed by atoms with van der Waals surface area (Å²) in [5.74, 6) is -0.438. The minimum absolute atomic E-state index is 0.0112. The van der Waals surface area contributed by atoms with Gasteiger partial charge in [-0.15, -0.1) is 0 Å². The summed E-state index contributed by atoms with van der Waals surface area (Å²) in [4.78, 5) is 27.4. The van der Waals surface area contributed by atoms with Crippen LogP contribution in [0.25, 0.3) is 10.9 Å². The van der Waals surface area contributed by atoms with Gasteiger partial charge in [0.2, 0.25) is 0 Å². The summed E-state index contributed by atoms with van der Waals surface area (Å²) in [6.45, 7) is 9.63. The van der Waals surface area contributed by atoms with Gasteiger partial charge >= 0.3 is 5.97 Å². The molecule has 0 amide bonds. The van der Waals surface area contributed by atoms with E-state index in [9.17, 15) is 14.9 Å². The predicted octanol–water partition coefficient (Wildman–Crippen LogP) is 3.88. The van der Waals surface area contributed by atoms with E-state index in [0.717, 1.165) is 5.52 Å². The van der Waals surface area contributed by atoms with Crippen LogP contribution in [0.3, 0.4) is 0 Å². The highest BCUT2D eigenvalue weighted by molar-refractivity contribution is 6.10. The third-order valence-electron chi connectivity index (χ3n) is 3.68. The lowest BCUT2D eigenvalue weighted by Gasteiger charge is -2.13. The van der Waals surface area contributed by atoms with Crippen molar-refractivity contribution in [3.05, 3.63) is 40.1 Å². The molecule has 0 atom stereocenters. The number of rotatable bonds is 4. The lowest BCUT2D eigenvalue weighted by atomic mass is 9.98. The summed E-state index contributed by atoms with van der Waals surface area (Å²) in [7, 11) is 0. The molecule has 0 radical (unpaired) electrons. The minimum atomic E-state index is -0.653. The van der Waals surface area contributed by atoms with Gasteiger partial charge in [0.15, 0.2) is 0 Å². The summed E-state index contributed by atoms with van der Waals surface area (Å²) < 4.78 is 1.97. The predicted molar refractivity (Wildman–Crippen MR) is 92.0 cm³/mol. The summed E-state index contributed by atoms with van der Waals surface area (Å²) in [6.07, 6.45) is 1.86. The summed E-state index contributed by atoms with van der Waals surface area (Å²) in [5, 5.41) is 15.7. The van der Waals surface area contributed by atoms with Crippen molar-refractivity contribution in [1.82, 2.24) is 4.57 Å². The number of non-ortho nitro benzene ring substituents is 1. The molecule has 1 aromatic carbocycles. The molecule has 0 fully saturated rings. The Morgan fingerprint density at radius 2 is 2.04 bits per heavy atom. The molecule has 0 aliphatic heterocycles. The van der Waals surface area contributed by atoms with Gasteiger partial charge in [0.1, 0.15) is 0 Å². The van der Waals surface area contributed by atoms with Crippen molar-refractivity contribution in [3.8, 4) is 0 Å². The Morgan fingerprint density at radius 3 is 2.58 bits per heavy atom. The molecular weight excluding hydrogens is 310 g/mol. The maximum atomic E-state index is 11.8. The number of nitrogens with zero attached hydrogens (tertiary/aromatic N) is 3. The van der Waals surface area contributed by atoms with Crippen molar-refractivity contribution >= 4 is 28.3 Å². The monoisotopic (exact) mass is 331 g/mol. The SMILES string of the molecule is CCn1cc(C(C)=NOC(=O)C(C)(C)C)c2cc([N+](=O)[O-])ccc21. The second kappa shape index (κ2) is 6.43. The number of hydrogen-bond donors (Lipinski definition) is 0. The number of oxime groups is 1. The normalized spacial score (nSPS) is 12.5. The molecule has 1 aromatic heterocycles. The lowest BCUT2D eigenvalue weighted by Crippen LogP contribution is -2.21. The fourth-order valence-corrected chi connectivity index (χ4v) is 2.24. The van der Waals surface area contributed by atoms with E-state index < -0.39 is 16.3 Å². The first kappa shape index (κ1) is 17.7. The molecule has 0 bridgehead atoms. The van der Waals surface area contributed by atoms with E-state index in [0.29, 0.717) is 23.2 Å². The number of benzene rings is 1. The Kier molecular flexibility index (Phi) is 4.73. The van der Waals surface area contributed by atoms with Gasteiger partial charge in [0.25, 0.3) is 5.69 Å². The highest BCUT2D eigenvalue weighted by atomic mass is 16.7. The van der Waals surface area contributed by atoms with Crippen LogP contribution in [0.4, 0.5) is 5.69 Å². The quantitative estimate of drug-likeness (QED) is 0.368. The first-order valence-corrected chi connectivity index (χ1v) is 7.69. The summed E-state index contributed by atoms with van der Waals surface area (Å²) >= 11 is 0. The molecular formula is C17H21N3O4. The molecule has 7 nitrogen and oxygen atoms in total. The molecule has 24 heavy (non-hydrogen) atoms. The fraction of sp³-hybridized carbons (Fsp3) is 0.412. The van der Waals surface area contributed by atoms with Crippen LogP contribution in [-0.4, -0.2) is 21.2 Å². The average molecular weight is 331 g/mol. The van der Waals surface area contributed by atoms with Gasteiger partial charge in [-0.3, -0.25) is 10.1 Å². The smallest absolute Gasteiger partial charge is 0.340 e. The van der Waals surface area contributed by atoms with Gasteiger partial charge in [-0.05, 0) is 40.7 Å². The molecule has 7 heteroatoms. The number of hydrogen-bond acceptors (Lipinski definition) is 5. The van der Waals surface area contributed by atoms with Crippen LogP contribution in [0.2, 0.25) is 0 Å². The molecule has 0 spiro atoms. The van der Waals surface area contributed by atoms with Crippen LogP contribution in [0, 0.1) is 15.5 Å². The van der Waals surface area contributed by atoms with E-state index in [4.69, 9.17) is 4.84 Å². The molecule has 2 rings (SSSR count). The molecule has 0 saturated heterocycles. The zero-order chi connectivity index (χ0) is 18.1. The second-order valence-corrected chi connectivity index (χ2v) is 6.59. The summed E-state index contributed by atoms with van der Waals surface area (Å²) in [5.41, 5.74) is 1.43. The van der Waals surface area contributed by atoms with Crippen LogP contribution < -0.4 is 0 Å². The Hall–Kier alpha value is -2.70. The Labute approximate surface area is 140 Å². The van der Waals surface area contributed by atoms with E-state index >= 15 is 0 Å². The van der Waals surface area contributed by atoms with Crippen LogP contribution in [-0.2, 0) is 16.2 Å². The van der Waals surface area contributed by atoms with Crippen molar-refractivity contribution in [3.63, 3.8) is 0 Å². The average Bonchev–Trinajstić information content (AvgIpc) is 2.89. The van der Waals surface area contributed by atoms with Crippen LogP contribution in [0.15, 0.2) is 29.6 Å². The number of nitro benzene ring substituents is 1. The van der Waals surface area contributed by atoms with Gasteiger partial charge in [-0.1, -0.05) is 5.16 Å². The Morgan fingerprint density at radius 1 is 1.38 bits per heavy atom. The number of carbonyl (C=O) groups excluding carboxylic acids is 1. The first-order chi connectivity index (χ1) is 11.1. The third-order valence-corrected chi connectivity index (χ3v) is 3.68. The van der Waals surface area contributed by atoms with Crippen LogP contribution in [0.5, 0.6) is 0 Å². The van der Waals surface area contributed by atoms with Crippen molar-refractivity contribution < 1.29 is 14.6 Å². The standard InChI is InChI=1S/C17H21N3O4/c1-6-19-10-14(11(2)18-24-16(21)17(3,4)5)13-9-12(20(22)23)7-8-15(13)19/h7-10H,6H2,1-5H3. The van der Waals surface area contributed by atoms with Gasteiger partial charge in [0.05, 0.1) is 16.0 Å². The van der Waals surface area contributed by atoms with Crippen molar-refractivity contribution in [2.45, 2.75) is 41.2 Å². The van der Waals surface area contributed by atoms with Gasteiger partial charge in [0, 0.05) is 41.3 Å². The molecule has 0 saturated carbocycles. The second-order valence-electron chi connectivity index (χ2n) is 6.59. The molecule has 0 aliphatic rings. The van der Waals surface area contributed by atoms with E-state index in [1.807, 2.05) is 17.7 Å². The largest absolute Gasteiger partial charge is 0.347 e. The molecule has 0 unspecified atom stereocenters. The van der Waals surface area contributed by atoms with E-state index in [1.54, 1.807) is 33.8 Å². The highest BCUT2D eigenvalue weighted by Crippen LogP contribution is 2.27. The van der Waals surface area contributed by atoms with Gasteiger partial charge < -0.3 is 9.40 Å². The minimum Gasteiger partial charge on any atom is -0.347 e. The third kappa shape index (κ3) is 3.45. The van der Waals surface area contributed by atoms with E-state index in [2.05, 4.69) is 5.16 Å². The number of carbonyl (C=O) groups is 1. The van der Waals surface area contributed by atoms with Crippen molar-refractivity contribution in [2.75, 3.05) is 0 Å². The number of nitro groups is 1. The zero-order valence-electron chi connectivity index (χ0n) is 14.5. The van der Waals surface area contributed by atoms with Crippen molar-refractivity contribution in [1.29, 1.82) is 0 Å². The molecule has 2 aromatic rings. The summed E-state index contributed by atoms with van der Waals surface area (Å²) in [6, 6.07) is 4.71. The molecule has 1 heterocycles. The maximum Gasteiger partial charge on any atom is 0.340 e. The molecule has 0 N–H and O–H groups in total. The Balaban J connectivity index is 2.48. The maximum absolute atomic E-state index is 11.8.